The lowest BCUT2D eigenvalue weighted by Crippen LogP contribution is -2.10. The standard InChI is InChI=1S/C11H16FNOS.C11H17NOS.C10H14FNOS.C10H16N2OS.C10H15NOS.C9H14N2OS/c1-7(14)5-9-13-10(12)8(15-9)6-11(2,3)4;1-8(13)5-10-12-7-9(14-10)6-11(2,3)4;1-6(13)5-7-12-9(11)8(14-7)10(2,3)4;1-7(13)5-8-11-12-9(14-8)6-10(2,3)4;1-7(12)5-9-11-6-8(13-9)10(2,3)4;1-6(12)5-7-10-11-8(13-7)9(2,3)4/h5-6H2,1-4H3;7H,5-6H2,1-4H3;5H2,1-4H3;5-6H2,1-4H3;6H,5H2,1-4H3;5H2,1-4H3. The summed E-state index contributed by atoms with van der Waals surface area (Å²) in [6, 6.07) is 0. The number of halogens is 2. The van der Waals surface area contributed by atoms with E-state index in [0.717, 1.165) is 42.9 Å². The third-order valence-electron chi connectivity index (χ3n) is 9.99. The molecule has 0 N–H and O–H groups in total. The fourth-order valence-electron chi connectivity index (χ4n) is 6.49. The number of thiazole rings is 4. The Morgan fingerprint density at radius 3 is 1.16 bits per heavy atom. The van der Waals surface area contributed by atoms with Crippen molar-refractivity contribution in [1.82, 2.24) is 40.3 Å². The average molecular weight is 1260 g/mol. The average Bonchev–Trinajstić information content (AvgIpc) is 4.34. The van der Waals surface area contributed by atoms with Crippen LogP contribution in [0.5, 0.6) is 0 Å². The van der Waals surface area contributed by atoms with Crippen LogP contribution in [0, 0.1) is 28.1 Å². The van der Waals surface area contributed by atoms with E-state index in [1.165, 1.54) is 57.6 Å². The molecule has 462 valence electrons. The van der Waals surface area contributed by atoms with Gasteiger partial charge in [-0.25, -0.2) is 19.9 Å². The zero-order chi connectivity index (χ0) is 64.2. The second-order valence-electron chi connectivity index (χ2n) is 27.2. The van der Waals surface area contributed by atoms with Gasteiger partial charge in [-0.15, -0.1) is 88.4 Å². The Bertz CT molecular complexity index is 2900. The molecule has 6 aromatic rings. The van der Waals surface area contributed by atoms with E-state index in [9.17, 15) is 37.5 Å². The lowest BCUT2D eigenvalue weighted by molar-refractivity contribution is -0.117. The molecule has 0 fully saturated rings. The molecule has 6 heterocycles. The highest BCUT2D eigenvalue weighted by molar-refractivity contribution is 7.13. The Labute approximate surface area is 517 Å². The minimum absolute atomic E-state index is 0.0132. The predicted molar refractivity (Wildman–Crippen MR) is 340 cm³/mol. The first-order valence-corrected chi connectivity index (χ1v) is 32.3. The van der Waals surface area contributed by atoms with Gasteiger partial charge in [0, 0.05) is 39.4 Å². The first-order chi connectivity index (χ1) is 37.6. The number of carbonyl (C=O) groups excluding carboxylic acids is 6. The molecule has 6 aromatic heterocycles. The van der Waals surface area contributed by atoms with Crippen molar-refractivity contribution in [3.63, 3.8) is 0 Å². The van der Waals surface area contributed by atoms with Gasteiger partial charge in [0.15, 0.2) is 0 Å². The molecule has 0 spiro atoms. The first kappa shape index (κ1) is 76.5. The van der Waals surface area contributed by atoms with Crippen LogP contribution in [0.3, 0.4) is 0 Å². The third kappa shape index (κ3) is 34.9. The van der Waals surface area contributed by atoms with Crippen molar-refractivity contribution in [2.75, 3.05) is 0 Å². The molecule has 0 amide bonds. The van der Waals surface area contributed by atoms with Gasteiger partial charge in [0.05, 0.1) is 48.3 Å². The number of carbonyl (C=O) groups is 6. The summed E-state index contributed by atoms with van der Waals surface area (Å²) in [7, 11) is 0. The number of nitrogens with zero attached hydrogens (tertiary/aromatic N) is 8. The van der Waals surface area contributed by atoms with Crippen LogP contribution < -0.4 is 0 Å². The van der Waals surface area contributed by atoms with Crippen molar-refractivity contribution in [3.05, 3.63) is 83.9 Å². The summed E-state index contributed by atoms with van der Waals surface area (Å²) in [6.45, 7) is 47.1. The molecule has 0 aliphatic rings. The minimum atomic E-state index is -0.432. The molecule has 6 rings (SSSR count). The summed E-state index contributed by atoms with van der Waals surface area (Å²) in [4.78, 5) is 84.8. The molecule has 0 radical (unpaired) electrons. The van der Waals surface area contributed by atoms with Crippen molar-refractivity contribution >= 4 is 103 Å². The Morgan fingerprint density at radius 1 is 0.373 bits per heavy atom. The monoisotopic (exact) mass is 1260 g/mol. The van der Waals surface area contributed by atoms with Gasteiger partial charge >= 0.3 is 0 Å². The molecule has 0 aromatic carbocycles. The van der Waals surface area contributed by atoms with Crippen molar-refractivity contribution in [3.8, 4) is 0 Å². The first-order valence-electron chi connectivity index (χ1n) is 27.4. The Balaban J connectivity index is 0.000000498. The molecule has 0 saturated carbocycles. The van der Waals surface area contributed by atoms with Crippen LogP contribution in [-0.4, -0.2) is 75.0 Å². The topological polar surface area (TPSA) is 206 Å². The quantitative estimate of drug-likeness (QED) is 0.0938. The Morgan fingerprint density at radius 2 is 0.759 bits per heavy atom. The van der Waals surface area contributed by atoms with Crippen LogP contribution >= 0.6 is 68.0 Å². The van der Waals surface area contributed by atoms with Crippen molar-refractivity contribution in [2.45, 2.75) is 240 Å². The van der Waals surface area contributed by atoms with Gasteiger partial charge < -0.3 is 0 Å². The molecule has 0 saturated heterocycles. The highest BCUT2D eigenvalue weighted by Crippen LogP contribution is 2.32. The fraction of sp³-hybridized carbons (Fsp3) is 0.639. The normalized spacial score (nSPS) is 11.7. The van der Waals surface area contributed by atoms with E-state index in [2.05, 4.69) is 144 Å². The number of hydrogen-bond donors (Lipinski definition) is 0. The van der Waals surface area contributed by atoms with Gasteiger partial charge in [0.2, 0.25) is 11.9 Å². The van der Waals surface area contributed by atoms with Gasteiger partial charge in [-0.3, -0.25) is 28.8 Å². The Kier molecular flexibility index (Phi) is 30.8. The summed E-state index contributed by atoms with van der Waals surface area (Å²) in [6.07, 6.45) is 8.64. The summed E-state index contributed by atoms with van der Waals surface area (Å²) in [5.74, 6) is -0.174. The van der Waals surface area contributed by atoms with Crippen molar-refractivity contribution in [1.29, 1.82) is 0 Å². The van der Waals surface area contributed by atoms with Gasteiger partial charge in [-0.05, 0) is 76.0 Å². The second kappa shape index (κ2) is 33.4. The largest absolute Gasteiger partial charge is 0.300 e. The summed E-state index contributed by atoms with van der Waals surface area (Å²) >= 11 is 8.96. The van der Waals surface area contributed by atoms with E-state index in [1.54, 1.807) is 61.7 Å². The highest BCUT2D eigenvalue weighted by Gasteiger charge is 2.25. The van der Waals surface area contributed by atoms with Crippen LogP contribution in [0.25, 0.3) is 0 Å². The molecule has 0 unspecified atom stereocenters. The van der Waals surface area contributed by atoms with E-state index < -0.39 is 11.9 Å². The maximum atomic E-state index is 13.4. The SMILES string of the molecule is CC(=O)Cc1nc(F)c(C(C)(C)C)s1.CC(=O)Cc1nc(F)c(CC(C)(C)C)s1.CC(=O)Cc1ncc(C(C)(C)C)s1.CC(=O)Cc1ncc(CC(C)(C)C)s1.CC(=O)Cc1nnc(C(C)(C)C)s1.CC(=O)Cc1nnc(CC(C)(C)C)s1. The van der Waals surface area contributed by atoms with Gasteiger partial charge in [-0.1, -0.05) is 125 Å². The molecule has 14 nitrogen and oxygen atoms in total. The van der Waals surface area contributed by atoms with Gasteiger partial charge in [0.25, 0.3) is 0 Å². The smallest absolute Gasteiger partial charge is 0.227 e. The van der Waals surface area contributed by atoms with E-state index in [-0.39, 0.29) is 74.6 Å². The van der Waals surface area contributed by atoms with Crippen LogP contribution in [0.1, 0.15) is 226 Å². The number of ketones is 6. The zero-order valence-corrected chi connectivity index (χ0v) is 58.7. The molecule has 0 atom stereocenters. The molecule has 0 aliphatic heterocycles. The Hall–Kier alpha value is -4.48. The molecule has 22 heteroatoms. The molecular weight excluding hydrogens is 1170 g/mol. The van der Waals surface area contributed by atoms with E-state index in [0.29, 0.717) is 57.3 Å². The van der Waals surface area contributed by atoms with E-state index in [1.807, 2.05) is 33.2 Å². The zero-order valence-electron chi connectivity index (χ0n) is 53.8. The lowest BCUT2D eigenvalue weighted by atomic mass is 9.92. The maximum absolute atomic E-state index is 13.4. The minimum Gasteiger partial charge on any atom is -0.300 e. The van der Waals surface area contributed by atoms with Crippen LogP contribution in [0.2, 0.25) is 0 Å². The van der Waals surface area contributed by atoms with Crippen LogP contribution in [-0.2, 0) is 103 Å². The molecule has 83 heavy (non-hydrogen) atoms. The van der Waals surface area contributed by atoms with Crippen molar-refractivity contribution in [2.24, 2.45) is 16.2 Å². The molecular formula is C61H92F2N8O6S6. The third-order valence-corrected chi connectivity index (χ3v) is 17.2. The summed E-state index contributed by atoms with van der Waals surface area (Å²) < 4.78 is 26.7. The van der Waals surface area contributed by atoms with Crippen LogP contribution in [0.15, 0.2) is 12.4 Å². The lowest BCUT2D eigenvalue weighted by Gasteiger charge is -2.15. The van der Waals surface area contributed by atoms with Gasteiger partial charge in [0.1, 0.15) is 74.8 Å². The van der Waals surface area contributed by atoms with E-state index >= 15 is 0 Å². The predicted octanol–water partition coefficient (Wildman–Crippen LogP) is 15.4. The van der Waals surface area contributed by atoms with E-state index in [4.69, 9.17) is 0 Å². The number of Topliss-reactive ketones (excluding diaryl/α,β-unsaturated/α-hetero) is 6. The molecule has 0 bridgehead atoms. The fourth-order valence-corrected chi connectivity index (χ4v) is 13.4. The summed E-state index contributed by atoms with van der Waals surface area (Å²) in [5, 5.41) is 22.8. The molecule has 0 aliphatic carbocycles. The second-order valence-corrected chi connectivity index (χ2v) is 34.0. The number of hydrogen-bond acceptors (Lipinski definition) is 20. The number of rotatable bonds is 15. The van der Waals surface area contributed by atoms with Gasteiger partial charge in [-0.2, -0.15) is 8.78 Å². The summed E-state index contributed by atoms with van der Waals surface area (Å²) in [5.41, 5.74) is 0.504. The highest BCUT2D eigenvalue weighted by atomic mass is 32.1. The maximum Gasteiger partial charge on any atom is 0.227 e. The van der Waals surface area contributed by atoms with Crippen molar-refractivity contribution < 1.29 is 37.5 Å². The van der Waals surface area contributed by atoms with Crippen LogP contribution in [0.4, 0.5) is 8.78 Å². The number of aromatic nitrogens is 8.